The van der Waals surface area contributed by atoms with Crippen LogP contribution >= 0.6 is 0 Å². The number of amides is 1. The lowest BCUT2D eigenvalue weighted by Crippen LogP contribution is -2.37. The number of carboxylic acid groups (broad SMARTS) is 1. The summed E-state index contributed by atoms with van der Waals surface area (Å²) < 4.78 is 11.0. The van der Waals surface area contributed by atoms with Gasteiger partial charge in [0.1, 0.15) is 5.75 Å². The third kappa shape index (κ3) is 5.81. The Balaban J connectivity index is 1.70. The molecule has 1 saturated heterocycles. The third-order valence-corrected chi connectivity index (χ3v) is 5.16. The van der Waals surface area contributed by atoms with E-state index in [1.54, 1.807) is 31.4 Å². The second kappa shape index (κ2) is 10.1. The number of aromatic carboxylic acids is 1. The smallest absolute Gasteiger partial charge is 0.335 e. The second-order valence-electron chi connectivity index (χ2n) is 7.22. The third-order valence-electron chi connectivity index (χ3n) is 5.16. The zero-order valence-electron chi connectivity index (χ0n) is 16.7. The number of aryl methyl sites for hydroxylation is 1. The van der Waals surface area contributed by atoms with Crippen molar-refractivity contribution in [3.05, 3.63) is 65.2 Å². The van der Waals surface area contributed by atoms with Crippen LogP contribution in [-0.2, 0) is 22.5 Å². The Morgan fingerprint density at radius 3 is 2.76 bits per heavy atom. The molecule has 0 radical (unpaired) electrons. The molecule has 2 aromatic carbocycles. The standard InChI is InChI=1S/C23H27NO5/c1-28-19-8-4-6-17(14-19)15-24(16-20-9-5-13-29-20)22(25)12-11-18-7-2-3-10-21(18)23(26)27/h2-4,6-8,10,14,20H,5,9,11-13,15-16H2,1H3,(H,26,27). The molecule has 0 spiro atoms. The lowest BCUT2D eigenvalue weighted by atomic mass is 10.0. The maximum absolute atomic E-state index is 13.0. The first-order valence-corrected chi connectivity index (χ1v) is 9.90. The molecular formula is C23H27NO5. The number of carbonyl (C=O) groups excluding carboxylic acids is 1. The number of benzene rings is 2. The van der Waals surface area contributed by atoms with E-state index in [2.05, 4.69) is 0 Å². The molecule has 2 aromatic rings. The van der Waals surface area contributed by atoms with E-state index in [4.69, 9.17) is 9.47 Å². The van der Waals surface area contributed by atoms with Crippen LogP contribution in [0.3, 0.4) is 0 Å². The van der Waals surface area contributed by atoms with Crippen LogP contribution in [0.1, 0.15) is 40.7 Å². The van der Waals surface area contributed by atoms with Gasteiger partial charge in [-0.15, -0.1) is 0 Å². The first-order chi connectivity index (χ1) is 14.1. The number of rotatable bonds is 9. The highest BCUT2D eigenvalue weighted by atomic mass is 16.5. The van der Waals surface area contributed by atoms with E-state index in [1.807, 2.05) is 29.2 Å². The minimum atomic E-state index is -0.972. The van der Waals surface area contributed by atoms with Gasteiger partial charge in [0.25, 0.3) is 0 Å². The van der Waals surface area contributed by atoms with Crippen molar-refractivity contribution in [2.45, 2.75) is 38.3 Å². The van der Waals surface area contributed by atoms with Crippen LogP contribution < -0.4 is 4.74 Å². The normalized spacial score (nSPS) is 15.8. The summed E-state index contributed by atoms with van der Waals surface area (Å²) in [7, 11) is 1.62. The maximum atomic E-state index is 13.0. The highest BCUT2D eigenvalue weighted by Crippen LogP contribution is 2.19. The van der Waals surface area contributed by atoms with Gasteiger partial charge in [-0.2, -0.15) is 0 Å². The van der Waals surface area contributed by atoms with Crippen molar-refractivity contribution in [3.8, 4) is 5.75 Å². The first-order valence-electron chi connectivity index (χ1n) is 9.90. The topological polar surface area (TPSA) is 76.1 Å². The van der Waals surface area contributed by atoms with Crippen LogP contribution in [0.4, 0.5) is 0 Å². The zero-order valence-corrected chi connectivity index (χ0v) is 16.7. The predicted molar refractivity (Wildman–Crippen MR) is 109 cm³/mol. The summed E-state index contributed by atoms with van der Waals surface area (Å²) in [5.74, 6) is -0.230. The average Bonchev–Trinajstić information content (AvgIpc) is 3.25. The van der Waals surface area contributed by atoms with Gasteiger partial charge in [0, 0.05) is 26.1 Å². The first kappa shape index (κ1) is 20.9. The van der Waals surface area contributed by atoms with Gasteiger partial charge in [0.05, 0.1) is 18.8 Å². The summed E-state index contributed by atoms with van der Waals surface area (Å²) in [6.07, 6.45) is 2.65. The molecule has 1 aliphatic rings. The fourth-order valence-electron chi connectivity index (χ4n) is 3.63. The molecule has 0 aromatic heterocycles. The molecule has 0 saturated carbocycles. The molecule has 1 amide bonds. The highest BCUT2D eigenvalue weighted by Gasteiger charge is 2.23. The van der Waals surface area contributed by atoms with Gasteiger partial charge < -0.3 is 19.5 Å². The Kier molecular flexibility index (Phi) is 7.25. The fourth-order valence-corrected chi connectivity index (χ4v) is 3.63. The molecule has 1 atom stereocenters. The van der Waals surface area contributed by atoms with Gasteiger partial charge in [0.2, 0.25) is 5.91 Å². The van der Waals surface area contributed by atoms with Crippen LogP contribution in [0, 0.1) is 0 Å². The van der Waals surface area contributed by atoms with Crippen molar-refractivity contribution < 1.29 is 24.2 Å². The number of carboxylic acids is 1. The van der Waals surface area contributed by atoms with Crippen molar-refractivity contribution >= 4 is 11.9 Å². The molecule has 0 bridgehead atoms. The molecule has 1 heterocycles. The van der Waals surface area contributed by atoms with Gasteiger partial charge in [-0.05, 0) is 48.6 Å². The van der Waals surface area contributed by atoms with Crippen LogP contribution in [-0.4, -0.2) is 48.2 Å². The Morgan fingerprint density at radius 2 is 2.03 bits per heavy atom. The van der Waals surface area contributed by atoms with Gasteiger partial charge in [-0.1, -0.05) is 30.3 Å². The molecule has 6 nitrogen and oxygen atoms in total. The number of nitrogens with zero attached hydrogens (tertiary/aromatic N) is 1. The number of ether oxygens (including phenoxy) is 2. The molecule has 3 rings (SSSR count). The largest absolute Gasteiger partial charge is 0.497 e. The minimum Gasteiger partial charge on any atom is -0.497 e. The van der Waals surface area contributed by atoms with E-state index >= 15 is 0 Å². The molecule has 1 aliphatic heterocycles. The Morgan fingerprint density at radius 1 is 1.21 bits per heavy atom. The van der Waals surface area contributed by atoms with E-state index in [-0.39, 0.29) is 24.0 Å². The second-order valence-corrected chi connectivity index (χ2v) is 7.22. The van der Waals surface area contributed by atoms with Crippen molar-refractivity contribution in [1.82, 2.24) is 4.90 Å². The fraction of sp³-hybridized carbons (Fsp3) is 0.391. The van der Waals surface area contributed by atoms with Crippen molar-refractivity contribution in [1.29, 1.82) is 0 Å². The number of hydrogen-bond acceptors (Lipinski definition) is 4. The van der Waals surface area contributed by atoms with Crippen LogP contribution in [0.2, 0.25) is 0 Å². The summed E-state index contributed by atoms with van der Waals surface area (Å²) in [5.41, 5.74) is 1.91. The molecule has 6 heteroatoms. The number of carbonyl (C=O) groups is 2. The van der Waals surface area contributed by atoms with Crippen molar-refractivity contribution in [3.63, 3.8) is 0 Å². The average molecular weight is 397 g/mol. The van der Waals surface area contributed by atoms with Gasteiger partial charge in [-0.25, -0.2) is 4.79 Å². The molecule has 29 heavy (non-hydrogen) atoms. The van der Waals surface area contributed by atoms with E-state index in [1.165, 1.54) is 0 Å². The van der Waals surface area contributed by atoms with Gasteiger partial charge in [0.15, 0.2) is 0 Å². The van der Waals surface area contributed by atoms with Gasteiger partial charge >= 0.3 is 5.97 Å². The van der Waals surface area contributed by atoms with Crippen LogP contribution in [0.25, 0.3) is 0 Å². The molecule has 1 unspecified atom stereocenters. The maximum Gasteiger partial charge on any atom is 0.335 e. The van der Waals surface area contributed by atoms with E-state index in [9.17, 15) is 14.7 Å². The molecule has 1 N–H and O–H groups in total. The Bertz CT molecular complexity index is 845. The molecule has 154 valence electrons. The summed E-state index contributed by atoms with van der Waals surface area (Å²) in [4.78, 5) is 26.3. The summed E-state index contributed by atoms with van der Waals surface area (Å²) in [6.45, 7) is 1.74. The predicted octanol–water partition coefficient (Wildman–Crippen LogP) is 3.53. The molecule has 1 fully saturated rings. The quantitative estimate of drug-likeness (QED) is 0.700. The van der Waals surface area contributed by atoms with E-state index in [0.29, 0.717) is 25.1 Å². The monoisotopic (exact) mass is 397 g/mol. The summed E-state index contributed by atoms with van der Waals surface area (Å²) in [5, 5.41) is 9.35. The van der Waals surface area contributed by atoms with Crippen LogP contribution in [0.5, 0.6) is 5.75 Å². The molecule has 0 aliphatic carbocycles. The van der Waals surface area contributed by atoms with E-state index < -0.39 is 5.97 Å². The minimum absolute atomic E-state index is 0.0106. The van der Waals surface area contributed by atoms with E-state index in [0.717, 1.165) is 30.8 Å². The highest BCUT2D eigenvalue weighted by molar-refractivity contribution is 5.89. The van der Waals surface area contributed by atoms with Crippen molar-refractivity contribution in [2.75, 3.05) is 20.3 Å². The Labute approximate surface area is 171 Å². The summed E-state index contributed by atoms with van der Waals surface area (Å²) in [6, 6.07) is 14.5. The van der Waals surface area contributed by atoms with Crippen LogP contribution in [0.15, 0.2) is 48.5 Å². The summed E-state index contributed by atoms with van der Waals surface area (Å²) >= 11 is 0. The zero-order chi connectivity index (χ0) is 20.6. The number of methoxy groups -OCH3 is 1. The van der Waals surface area contributed by atoms with Gasteiger partial charge in [-0.3, -0.25) is 4.79 Å². The Hall–Kier alpha value is -2.86. The van der Waals surface area contributed by atoms with Crippen molar-refractivity contribution in [2.24, 2.45) is 0 Å². The number of hydrogen-bond donors (Lipinski definition) is 1. The lowest BCUT2D eigenvalue weighted by molar-refractivity contribution is -0.133. The lowest BCUT2D eigenvalue weighted by Gasteiger charge is -2.26. The molecular weight excluding hydrogens is 370 g/mol. The SMILES string of the molecule is COc1cccc(CN(CC2CCCO2)C(=O)CCc2ccccc2C(=O)O)c1.